The van der Waals surface area contributed by atoms with E-state index < -0.39 is 6.04 Å². The Morgan fingerprint density at radius 1 is 1.19 bits per heavy atom. The number of hydrogen-bond donors (Lipinski definition) is 2. The van der Waals surface area contributed by atoms with E-state index in [9.17, 15) is 14.0 Å². The molecular weight excluding hydrogens is 369 g/mol. The molecule has 0 radical (unpaired) electrons. The van der Waals surface area contributed by atoms with Crippen molar-refractivity contribution in [3.05, 3.63) is 35.6 Å². The minimum absolute atomic E-state index is 0. The van der Waals surface area contributed by atoms with E-state index >= 15 is 0 Å². The number of hydrogen-bond acceptors (Lipinski definition) is 3. The number of rotatable bonds is 7. The number of carbonyl (C=O) groups is 2. The summed E-state index contributed by atoms with van der Waals surface area (Å²) in [5.41, 5.74) is 6.72. The van der Waals surface area contributed by atoms with Gasteiger partial charge in [-0.1, -0.05) is 45.2 Å². The molecule has 0 aliphatic heterocycles. The smallest absolute Gasteiger partial charge is 0.242 e. The van der Waals surface area contributed by atoms with Crippen LogP contribution in [0.2, 0.25) is 0 Å². The molecule has 1 saturated carbocycles. The Hall–Kier alpha value is -1.66. The molecule has 152 valence electrons. The summed E-state index contributed by atoms with van der Waals surface area (Å²) in [4.78, 5) is 26.7. The Morgan fingerprint density at radius 2 is 1.78 bits per heavy atom. The van der Waals surface area contributed by atoms with Crippen molar-refractivity contribution in [2.45, 2.75) is 64.6 Å². The average Bonchev–Trinajstić information content (AvgIpc) is 2.65. The van der Waals surface area contributed by atoms with Crippen LogP contribution in [0.25, 0.3) is 0 Å². The lowest BCUT2D eigenvalue weighted by molar-refractivity contribution is -0.136. The van der Waals surface area contributed by atoms with E-state index in [1.165, 1.54) is 18.6 Å². The van der Waals surface area contributed by atoms with Gasteiger partial charge in [0, 0.05) is 12.6 Å². The highest BCUT2D eigenvalue weighted by atomic mass is 35.5. The number of benzene rings is 1. The van der Waals surface area contributed by atoms with Crippen LogP contribution in [-0.2, 0) is 16.1 Å². The first kappa shape index (κ1) is 23.4. The number of nitrogens with two attached hydrogens (primary N) is 1. The van der Waals surface area contributed by atoms with Crippen molar-refractivity contribution in [3.63, 3.8) is 0 Å². The summed E-state index contributed by atoms with van der Waals surface area (Å²) in [5, 5.41) is 2.66. The maximum absolute atomic E-state index is 13.1. The Kier molecular flexibility index (Phi) is 9.74. The van der Waals surface area contributed by atoms with Gasteiger partial charge in [0.1, 0.15) is 5.82 Å². The fourth-order valence-corrected chi connectivity index (χ4v) is 3.29. The zero-order valence-corrected chi connectivity index (χ0v) is 16.9. The van der Waals surface area contributed by atoms with E-state index in [1.807, 2.05) is 18.7 Å². The van der Waals surface area contributed by atoms with Gasteiger partial charge in [-0.05, 0) is 36.5 Å². The molecule has 0 bridgehead atoms. The molecule has 1 aliphatic rings. The number of nitrogens with zero attached hydrogens (tertiary/aromatic N) is 1. The van der Waals surface area contributed by atoms with Gasteiger partial charge in [-0.25, -0.2) is 4.39 Å². The van der Waals surface area contributed by atoms with E-state index in [-0.39, 0.29) is 48.5 Å². The summed E-state index contributed by atoms with van der Waals surface area (Å²) in [6.07, 6.45) is 5.32. The second-order valence-electron chi connectivity index (χ2n) is 7.43. The molecule has 0 spiro atoms. The molecule has 5 nitrogen and oxygen atoms in total. The Bertz CT molecular complexity index is 604. The number of halogens is 2. The molecule has 0 saturated heterocycles. The van der Waals surface area contributed by atoms with E-state index in [2.05, 4.69) is 5.32 Å². The predicted octanol–water partition coefficient (Wildman–Crippen LogP) is 3.01. The van der Waals surface area contributed by atoms with Crippen LogP contribution in [0.15, 0.2) is 24.3 Å². The molecular formula is C20H31ClFN3O2. The third-order valence-electron chi connectivity index (χ3n) is 5.04. The van der Waals surface area contributed by atoms with Crippen LogP contribution in [0.1, 0.15) is 51.5 Å². The fraction of sp³-hybridized carbons (Fsp3) is 0.600. The van der Waals surface area contributed by atoms with Crippen molar-refractivity contribution in [1.29, 1.82) is 0 Å². The van der Waals surface area contributed by atoms with Crippen LogP contribution in [0.4, 0.5) is 4.39 Å². The second-order valence-corrected chi connectivity index (χ2v) is 7.43. The first-order chi connectivity index (χ1) is 12.4. The number of nitrogens with one attached hydrogen (secondary N) is 1. The molecule has 0 heterocycles. The lowest BCUT2D eigenvalue weighted by Gasteiger charge is -2.34. The Balaban J connectivity index is 0.00000364. The van der Waals surface area contributed by atoms with Gasteiger partial charge in [-0.2, -0.15) is 0 Å². The van der Waals surface area contributed by atoms with Crippen molar-refractivity contribution in [1.82, 2.24) is 10.2 Å². The zero-order chi connectivity index (χ0) is 19.1. The van der Waals surface area contributed by atoms with Crippen LogP contribution in [0.3, 0.4) is 0 Å². The van der Waals surface area contributed by atoms with Gasteiger partial charge in [0.15, 0.2) is 0 Å². The lowest BCUT2D eigenvalue weighted by atomic mass is 9.93. The first-order valence-corrected chi connectivity index (χ1v) is 9.45. The molecule has 27 heavy (non-hydrogen) atoms. The molecule has 3 N–H and O–H groups in total. The molecule has 1 aromatic rings. The largest absolute Gasteiger partial charge is 0.346 e. The van der Waals surface area contributed by atoms with Crippen LogP contribution in [0, 0.1) is 11.7 Å². The standard InChI is InChI=1S/C20H30FN3O2.ClH/c1-14(2)19(22)20(26)23-12-18(25)24(17-6-4-3-5-7-17)13-15-8-10-16(21)11-9-15;/h8-11,14,17,19H,3-7,12-13,22H2,1-2H3,(H,23,26);1H/t19-;/m0./s1. The van der Waals surface area contributed by atoms with Gasteiger partial charge < -0.3 is 16.0 Å². The van der Waals surface area contributed by atoms with Crippen LogP contribution in [0.5, 0.6) is 0 Å². The maximum Gasteiger partial charge on any atom is 0.242 e. The van der Waals surface area contributed by atoms with Gasteiger partial charge in [0.05, 0.1) is 12.6 Å². The highest BCUT2D eigenvalue weighted by molar-refractivity contribution is 5.87. The monoisotopic (exact) mass is 399 g/mol. The summed E-state index contributed by atoms with van der Waals surface area (Å²) in [6, 6.07) is 5.75. The first-order valence-electron chi connectivity index (χ1n) is 9.45. The third-order valence-corrected chi connectivity index (χ3v) is 5.04. The summed E-state index contributed by atoms with van der Waals surface area (Å²) in [5.74, 6) is -0.706. The summed E-state index contributed by atoms with van der Waals surface area (Å²) in [6.45, 7) is 4.11. The van der Waals surface area contributed by atoms with Crippen LogP contribution < -0.4 is 11.1 Å². The highest BCUT2D eigenvalue weighted by Crippen LogP contribution is 2.24. The van der Waals surface area contributed by atoms with Crippen LogP contribution in [-0.4, -0.2) is 35.3 Å². The molecule has 1 aliphatic carbocycles. The van der Waals surface area contributed by atoms with E-state index in [4.69, 9.17) is 5.73 Å². The maximum atomic E-state index is 13.1. The normalized spacial score (nSPS) is 15.7. The molecule has 0 aromatic heterocycles. The molecule has 2 amide bonds. The minimum atomic E-state index is -0.622. The minimum Gasteiger partial charge on any atom is -0.346 e. The molecule has 1 fully saturated rings. The number of carbonyl (C=O) groups excluding carboxylic acids is 2. The third kappa shape index (κ3) is 7.11. The molecule has 2 rings (SSSR count). The molecule has 1 atom stereocenters. The Labute approximate surface area is 167 Å². The van der Waals surface area contributed by atoms with Gasteiger partial charge in [-0.3, -0.25) is 9.59 Å². The number of amides is 2. The van der Waals surface area contributed by atoms with E-state index in [0.717, 1.165) is 31.2 Å². The van der Waals surface area contributed by atoms with Crippen molar-refractivity contribution in [3.8, 4) is 0 Å². The zero-order valence-electron chi connectivity index (χ0n) is 16.1. The molecule has 1 aromatic carbocycles. The topological polar surface area (TPSA) is 75.4 Å². The summed E-state index contributed by atoms with van der Waals surface area (Å²) < 4.78 is 13.1. The van der Waals surface area contributed by atoms with Gasteiger partial charge in [0.25, 0.3) is 0 Å². The van der Waals surface area contributed by atoms with E-state index in [0.29, 0.717) is 6.54 Å². The van der Waals surface area contributed by atoms with Gasteiger partial charge >= 0.3 is 0 Å². The quantitative estimate of drug-likeness (QED) is 0.740. The average molecular weight is 400 g/mol. The van der Waals surface area contributed by atoms with Crippen LogP contribution >= 0.6 is 12.4 Å². The van der Waals surface area contributed by atoms with Crippen molar-refractivity contribution < 1.29 is 14.0 Å². The second kappa shape index (κ2) is 11.2. The predicted molar refractivity (Wildman–Crippen MR) is 107 cm³/mol. The highest BCUT2D eigenvalue weighted by Gasteiger charge is 2.26. The van der Waals surface area contributed by atoms with Crippen molar-refractivity contribution in [2.75, 3.05) is 6.54 Å². The van der Waals surface area contributed by atoms with Gasteiger partial charge in [-0.15, -0.1) is 12.4 Å². The Morgan fingerprint density at radius 3 is 2.33 bits per heavy atom. The van der Waals surface area contributed by atoms with Crippen molar-refractivity contribution >= 4 is 24.2 Å². The lowest BCUT2D eigenvalue weighted by Crippen LogP contribution is -2.50. The van der Waals surface area contributed by atoms with E-state index in [1.54, 1.807) is 12.1 Å². The molecule has 7 heteroatoms. The molecule has 0 unspecified atom stereocenters. The summed E-state index contributed by atoms with van der Waals surface area (Å²) >= 11 is 0. The SMILES string of the molecule is CC(C)[C@H](N)C(=O)NCC(=O)N(Cc1ccc(F)cc1)C1CCCCC1.Cl. The summed E-state index contributed by atoms with van der Waals surface area (Å²) in [7, 11) is 0. The van der Waals surface area contributed by atoms with Gasteiger partial charge in [0.2, 0.25) is 11.8 Å². The fourth-order valence-electron chi connectivity index (χ4n) is 3.29. The van der Waals surface area contributed by atoms with Crippen molar-refractivity contribution in [2.24, 2.45) is 11.7 Å².